The van der Waals surface area contributed by atoms with Crippen LogP contribution in [0.1, 0.15) is 49.0 Å². The maximum Gasteiger partial charge on any atom is 0.253 e. The lowest BCUT2D eigenvalue weighted by Crippen LogP contribution is -2.51. The quantitative estimate of drug-likeness (QED) is 0.0499. The molecule has 1 aromatic carbocycles. The van der Waals surface area contributed by atoms with Crippen molar-refractivity contribution < 1.29 is 24.0 Å². The molecule has 2 atom stereocenters. The van der Waals surface area contributed by atoms with Gasteiger partial charge in [0, 0.05) is 31.6 Å². The summed E-state index contributed by atoms with van der Waals surface area (Å²) in [6, 6.07) is 5.04. The first-order valence-electron chi connectivity index (χ1n) is 13.4. The van der Waals surface area contributed by atoms with Gasteiger partial charge in [0.1, 0.15) is 17.8 Å². The van der Waals surface area contributed by atoms with E-state index in [1.165, 1.54) is 0 Å². The van der Waals surface area contributed by atoms with E-state index in [2.05, 4.69) is 26.3 Å². The molecular weight excluding hydrogens is 544 g/mol. The highest BCUT2D eigenvalue weighted by molar-refractivity contribution is 6.00. The summed E-state index contributed by atoms with van der Waals surface area (Å²) in [7, 11) is 5.77. The molecule has 10 N–H and O–H groups in total. The molecule has 0 aliphatic carbocycles. The van der Waals surface area contributed by atoms with Crippen molar-refractivity contribution in [1.82, 2.24) is 25.8 Å². The Morgan fingerprint density at radius 1 is 1.00 bits per heavy atom. The van der Waals surface area contributed by atoms with Crippen LogP contribution in [0, 0.1) is 17.2 Å². The average molecular weight is 588 g/mol. The number of nitriles is 1. The highest BCUT2D eigenvalue weighted by Gasteiger charge is 2.27. The number of nitrogens with zero attached hydrogens (tertiary/aromatic N) is 3. The van der Waals surface area contributed by atoms with Crippen LogP contribution in [-0.4, -0.2) is 88.4 Å². The van der Waals surface area contributed by atoms with Crippen LogP contribution in [0.3, 0.4) is 0 Å². The van der Waals surface area contributed by atoms with Crippen molar-refractivity contribution in [3.05, 3.63) is 29.3 Å². The molecule has 1 rings (SSSR count). The van der Waals surface area contributed by atoms with Gasteiger partial charge < -0.3 is 38.5 Å². The van der Waals surface area contributed by atoms with E-state index >= 15 is 0 Å². The Hall–Kier alpha value is -4.71. The molecule has 230 valence electrons. The van der Waals surface area contributed by atoms with Crippen LogP contribution < -0.4 is 43.0 Å². The molecule has 5 amide bonds. The summed E-state index contributed by atoms with van der Waals surface area (Å²) in [5.41, 5.74) is 16.8. The minimum absolute atomic E-state index is 0.0756. The van der Waals surface area contributed by atoms with E-state index in [0.717, 1.165) is 5.69 Å². The summed E-state index contributed by atoms with van der Waals surface area (Å²) < 4.78 is 0.423. The Morgan fingerprint density at radius 3 is 2.21 bits per heavy atom. The van der Waals surface area contributed by atoms with Crippen LogP contribution in [-0.2, 0) is 19.2 Å². The first-order valence-corrected chi connectivity index (χ1v) is 13.4. The van der Waals surface area contributed by atoms with Crippen molar-refractivity contribution >= 4 is 41.2 Å². The van der Waals surface area contributed by atoms with Gasteiger partial charge in [-0.25, -0.2) is 0 Å². The fourth-order valence-corrected chi connectivity index (χ4v) is 3.73. The van der Waals surface area contributed by atoms with E-state index in [1.54, 1.807) is 32.0 Å². The Kier molecular flexibility index (Phi) is 13.9. The first kappa shape index (κ1) is 35.3. The van der Waals surface area contributed by atoms with Crippen LogP contribution in [0.15, 0.2) is 23.2 Å². The first-order chi connectivity index (χ1) is 19.6. The number of amides is 5. The number of quaternary nitrogens is 1. The summed E-state index contributed by atoms with van der Waals surface area (Å²) >= 11 is 0. The van der Waals surface area contributed by atoms with Crippen molar-refractivity contribution in [2.24, 2.45) is 28.1 Å². The fraction of sp³-hybridized carbons (Fsp3) is 0.519. The van der Waals surface area contributed by atoms with Gasteiger partial charge in [0.15, 0.2) is 5.96 Å². The number of carbonyl (C=O) groups is 5. The Bertz CT molecular complexity index is 1210. The SMILES string of the molecule is CC(C)[C@H](NC(=O)c1cc([N+](C)(C)C)ccc1C#N)C(=O)NCCC(=O)N[C@@H](CCCN=C(N)N)C(=O)NCC(N)=O. The third-order valence-electron chi connectivity index (χ3n) is 6.06. The van der Waals surface area contributed by atoms with Gasteiger partial charge in [-0.2, -0.15) is 5.26 Å². The smallest absolute Gasteiger partial charge is 0.253 e. The number of guanidine groups is 1. The van der Waals surface area contributed by atoms with E-state index < -0.39 is 48.2 Å². The molecule has 0 bridgehead atoms. The number of hydrogen-bond acceptors (Lipinski definition) is 7. The van der Waals surface area contributed by atoms with Crippen LogP contribution in [0.25, 0.3) is 0 Å². The molecule has 15 heteroatoms. The second-order valence-corrected chi connectivity index (χ2v) is 10.8. The van der Waals surface area contributed by atoms with Gasteiger partial charge in [0.25, 0.3) is 5.91 Å². The van der Waals surface area contributed by atoms with Gasteiger partial charge in [-0.15, -0.1) is 0 Å². The second-order valence-electron chi connectivity index (χ2n) is 10.8. The monoisotopic (exact) mass is 587 g/mol. The average Bonchev–Trinajstić information content (AvgIpc) is 2.90. The molecule has 0 aliphatic heterocycles. The van der Waals surface area contributed by atoms with Crippen LogP contribution in [0.2, 0.25) is 0 Å². The van der Waals surface area contributed by atoms with Crippen molar-refractivity contribution in [3.8, 4) is 6.07 Å². The van der Waals surface area contributed by atoms with Crippen molar-refractivity contribution in [2.45, 2.75) is 45.2 Å². The second kappa shape index (κ2) is 16.5. The molecule has 15 nitrogen and oxygen atoms in total. The van der Waals surface area contributed by atoms with Gasteiger partial charge in [0.2, 0.25) is 23.6 Å². The number of rotatable bonds is 16. The molecular formula is C27H43N10O5+. The standard InChI is InChI=1S/C27H42N10O5/c1-16(2)23(36-24(40)19-13-18(37(3,4)5)9-8-17(19)14-28)26(42)32-12-10-22(39)35-20(7-6-11-33-27(30)31)25(41)34-15-21(29)38/h8-9,13,16,20,23H,6-7,10-12,15H2,1-5H3,(H9-,29,30,31,32,33,34,35,36,38,39,40,41,42)/p+1/t20-,23-/m0/s1. The van der Waals surface area contributed by atoms with Gasteiger partial charge in [-0.05, 0) is 24.8 Å². The third-order valence-corrected chi connectivity index (χ3v) is 6.06. The fourth-order valence-electron chi connectivity index (χ4n) is 3.73. The molecule has 0 spiro atoms. The molecule has 1 aromatic rings. The zero-order valence-corrected chi connectivity index (χ0v) is 24.8. The van der Waals surface area contributed by atoms with E-state index in [1.807, 2.05) is 27.2 Å². The minimum Gasteiger partial charge on any atom is -0.370 e. The third kappa shape index (κ3) is 12.2. The Morgan fingerprint density at radius 2 is 1.67 bits per heavy atom. The van der Waals surface area contributed by atoms with Crippen LogP contribution in [0.5, 0.6) is 0 Å². The van der Waals surface area contributed by atoms with Gasteiger partial charge in [-0.3, -0.25) is 33.4 Å². The summed E-state index contributed by atoms with van der Waals surface area (Å²) in [6.07, 6.45) is 0.383. The normalized spacial score (nSPS) is 12.3. The molecule has 0 saturated heterocycles. The number of nitrogens with one attached hydrogen (secondary N) is 4. The maximum absolute atomic E-state index is 13.1. The molecule has 0 aromatic heterocycles. The van der Waals surface area contributed by atoms with Crippen LogP contribution in [0.4, 0.5) is 5.69 Å². The molecule has 0 unspecified atom stereocenters. The number of benzene rings is 1. The van der Waals surface area contributed by atoms with Crippen molar-refractivity contribution in [2.75, 3.05) is 40.8 Å². The summed E-state index contributed by atoms with van der Waals surface area (Å²) in [4.78, 5) is 66.0. The zero-order valence-electron chi connectivity index (χ0n) is 24.8. The van der Waals surface area contributed by atoms with Gasteiger partial charge >= 0.3 is 0 Å². The Labute approximate surface area is 245 Å². The van der Waals surface area contributed by atoms with Crippen molar-refractivity contribution in [1.29, 1.82) is 5.26 Å². The highest BCUT2D eigenvalue weighted by Crippen LogP contribution is 2.21. The summed E-state index contributed by atoms with van der Waals surface area (Å²) in [5.74, 6) is -3.38. The molecule has 0 fully saturated rings. The maximum atomic E-state index is 13.1. The number of aliphatic imine (C=N–C) groups is 1. The van der Waals surface area contributed by atoms with Crippen molar-refractivity contribution in [3.63, 3.8) is 0 Å². The summed E-state index contributed by atoms with van der Waals surface area (Å²) in [6.45, 7) is 3.26. The largest absolute Gasteiger partial charge is 0.370 e. The van der Waals surface area contributed by atoms with E-state index in [9.17, 15) is 29.2 Å². The van der Waals surface area contributed by atoms with Crippen LogP contribution >= 0.6 is 0 Å². The van der Waals surface area contributed by atoms with Gasteiger partial charge in [-0.1, -0.05) is 13.8 Å². The number of carbonyl (C=O) groups excluding carboxylic acids is 5. The number of nitrogens with two attached hydrogens (primary N) is 3. The molecule has 0 heterocycles. The number of primary amides is 1. The molecule has 0 saturated carbocycles. The molecule has 0 aliphatic rings. The predicted molar refractivity (Wildman–Crippen MR) is 158 cm³/mol. The molecule has 0 radical (unpaired) electrons. The Balaban J connectivity index is 2.83. The lowest BCUT2D eigenvalue weighted by atomic mass is 10.0. The topological polar surface area (TPSA) is 248 Å². The lowest BCUT2D eigenvalue weighted by molar-refractivity contribution is -0.130. The lowest BCUT2D eigenvalue weighted by Gasteiger charge is -2.25. The number of hydrogen-bond donors (Lipinski definition) is 7. The van der Waals surface area contributed by atoms with E-state index in [4.69, 9.17) is 17.2 Å². The highest BCUT2D eigenvalue weighted by atomic mass is 16.2. The van der Waals surface area contributed by atoms with E-state index in [-0.39, 0.29) is 48.9 Å². The predicted octanol–water partition coefficient (Wildman–Crippen LogP) is -1.84. The summed E-state index contributed by atoms with van der Waals surface area (Å²) in [5, 5.41) is 19.8. The van der Waals surface area contributed by atoms with Gasteiger partial charge in [0.05, 0.1) is 44.9 Å². The molecule has 42 heavy (non-hydrogen) atoms. The van der Waals surface area contributed by atoms with E-state index in [0.29, 0.717) is 10.9 Å². The minimum atomic E-state index is -0.985. The zero-order chi connectivity index (χ0) is 32.0.